The summed E-state index contributed by atoms with van der Waals surface area (Å²) >= 11 is 0. The van der Waals surface area contributed by atoms with E-state index in [2.05, 4.69) is 13.8 Å². The first kappa shape index (κ1) is 25.2. The summed E-state index contributed by atoms with van der Waals surface area (Å²) in [7, 11) is -3.86. The van der Waals surface area contributed by atoms with Crippen molar-refractivity contribution in [2.24, 2.45) is 0 Å². The van der Waals surface area contributed by atoms with Crippen molar-refractivity contribution in [3.63, 3.8) is 0 Å². The number of rotatable bonds is 15. The van der Waals surface area contributed by atoms with Gasteiger partial charge in [0.2, 0.25) is 0 Å². The summed E-state index contributed by atoms with van der Waals surface area (Å²) in [6.45, 7) is 4.38. The summed E-state index contributed by atoms with van der Waals surface area (Å²) in [5.74, 6) is 0. The van der Waals surface area contributed by atoms with Crippen LogP contribution in [0.1, 0.15) is 104 Å². The van der Waals surface area contributed by atoms with Crippen molar-refractivity contribution in [2.75, 3.05) is 0 Å². The summed E-state index contributed by atoms with van der Waals surface area (Å²) in [5.41, 5.74) is 0. The van der Waals surface area contributed by atoms with Gasteiger partial charge in [-0.05, 0) is 12.8 Å². The predicted molar refractivity (Wildman–Crippen MR) is 98.5 cm³/mol. The van der Waals surface area contributed by atoms with E-state index in [-0.39, 0.29) is 29.6 Å². The van der Waals surface area contributed by atoms with Crippen LogP contribution in [0.5, 0.6) is 0 Å². The molecule has 5 heteroatoms. The summed E-state index contributed by atoms with van der Waals surface area (Å²) in [4.78, 5) is 0. The van der Waals surface area contributed by atoms with Crippen LogP contribution in [0.15, 0.2) is 0 Å². The summed E-state index contributed by atoms with van der Waals surface area (Å²) < 4.78 is 32.2. The van der Waals surface area contributed by atoms with Gasteiger partial charge in [-0.1, -0.05) is 90.9 Å². The maximum absolute atomic E-state index is 11.4. The third-order valence-corrected chi connectivity index (χ3v) is 5.49. The van der Waals surface area contributed by atoms with Gasteiger partial charge in [0.15, 0.2) is 0 Å². The second-order valence-corrected chi connectivity index (χ2v) is 7.95. The molecule has 0 aromatic heterocycles. The van der Waals surface area contributed by atoms with Gasteiger partial charge >= 0.3 is 29.6 Å². The van der Waals surface area contributed by atoms with Crippen LogP contribution in [-0.2, 0) is 10.1 Å². The van der Waals surface area contributed by atoms with Crippen LogP contribution in [0, 0.1) is 0 Å². The van der Waals surface area contributed by atoms with Crippen LogP contribution in [0.3, 0.4) is 0 Å². The van der Waals surface area contributed by atoms with Crippen molar-refractivity contribution in [2.45, 2.75) is 109 Å². The zero-order chi connectivity index (χ0) is 16.0. The average molecular weight is 345 g/mol. The quantitative estimate of drug-likeness (QED) is 0.255. The van der Waals surface area contributed by atoms with Crippen LogP contribution in [0.2, 0.25) is 0 Å². The fraction of sp³-hybridized carbons (Fsp3) is 1.00. The molecule has 0 spiro atoms. The van der Waals surface area contributed by atoms with E-state index in [0.29, 0.717) is 12.8 Å². The van der Waals surface area contributed by atoms with Gasteiger partial charge in [0.25, 0.3) is 10.1 Å². The molecule has 0 aliphatic rings. The molecule has 0 atom stereocenters. The minimum atomic E-state index is -3.86. The molecule has 3 nitrogen and oxygen atoms in total. The van der Waals surface area contributed by atoms with E-state index in [4.69, 9.17) is 0 Å². The van der Waals surface area contributed by atoms with E-state index >= 15 is 0 Å². The zero-order valence-electron chi connectivity index (χ0n) is 14.1. The molecule has 0 unspecified atom stereocenters. The Balaban J connectivity index is 0. The molecule has 0 saturated heterocycles. The second-order valence-electron chi connectivity index (χ2n) is 6.25. The monoisotopic (exact) mass is 344 g/mol. The van der Waals surface area contributed by atoms with Crippen molar-refractivity contribution in [1.82, 2.24) is 0 Å². The van der Waals surface area contributed by atoms with Crippen molar-refractivity contribution in [3.05, 3.63) is 0 Å². The molecule has 0 amide bonds. The molecule has 0 saturated carbocycles. The number of hydrogen-bond donors (Lipinski definition) is 1. The fourth-order valence-corrected chi connectivity index (χ4v) is 3.68. The van der Waals surface area contributed by atoms with Gasteiger partial charge in [-0.25, -0.2) is 0 Å². The van der Waals surface area contributed by atoms with Crippen molar-refractivity contribution in [1.29, 1.82) is 0 Å². The normalized spacial score (nSPS) is 11.6. The van der Waals surface area contributed by atoms with Gasteiger partial charge in [0.05, 0.1) is 5.25 Å². The Bertz CT molecular complexity index is 302. The molecule has 1 N–H and O–H groups in total. The molecule has 0 aromatic rings. The summed E-state index contributed by atoms with van der Waals surface area (Å²) in [5, 5.41) is -0.533. The fourth-order valence-electron chi connectivity index (χ4n) is 2.75. The summed E-state index contributed by atoms with van der Waals surface area (Å²) in [6, 6.07) is 0. The van der Waals surface area contributed by atoms with Gasteiger partial charge in [-0.15, -0.1) is 0 Å². The van der Waals surface area contributed by atoms with E-state index in [1.807, 2.05) is 0 Å². The Kier molecular flexibility index (Phi) is 19.2. The Morgan fingerprint density at radius 1 is 0.682 bits per heavy atom. The van der Waals surface area contributed by atoms with E-state index in [1.54, 1.807) is 0 Å². The Labute approximate surface area is 161 Å². The standard InChI is InChI=1S/C17H36O3S.Na.H/c1-3-5-7-9-11-13-15-17(21(18,19)20)16-14-12-10-8-6-4-2;;/h17H,3-16H2,1-2H3,(H,18,19,20);;. The van der Waals surface area contributed by atoms with Gasteiger partial charge in [-0.2, -0.15) is 8.42 Å². The Morgan fingerprint density at radius 3 is 1.32 bits per heavy atom. The molecule has 0 heterocycles. The third-order valence-electron chi connectivity index (χ3n) is 4.18. The van der Waals surface area contributed by atoms with Crippen molar-refractivity contribution < 1.29 is 13.0 Å². The van der Waals surface area contributed by atoms with Gasteiger partial charge in [0, 0.05) is 0 Å². The first-order chi connectivity index (χ1) is 10.0. The Hall–Kier alpha value is 0.910. The van der Waals surface area contributed by atoms with Gasteiger partial charge in [0.1, 0.15) is 0 Å². The van der Waals surface area contributed by atoms with Crippen LogP contribution < -0.4 is 0 Å². The van der Waals surface area contributed by atoms with E-state index in [0.717, 1.165) is 25.7 Å². The second kappa shape index (κ2) is 16.8. The first-order valence-electron chi connectivity index (χ1n) is 8.98. The van der Waals surface area contributed by atoms with Crippen LogP contribution >= 0.6 is 0 Å². The number of unbranched alkanes of at least 4 members (excludes halogenated alkanes) is 10. The third kappa shape index (κ3) is 15.8. The average Bonchev–Trinajstić information content (AvgIpc) is 2.42. The van der Waals surface area contributed by atoms with E-state index < -0.39 is 15.4 Å². The predicted octanol–water partition coefficient (Wildman–Crippen LogP) is 5.10. The van der Waals surface area contributed by atoms with Crippen molar-refractivity contribution in [3.8, 4) is 0 Å². The van der Waals surface area contributed by atoms with E-state index in [9.17, 15) is 13.0 Å². The van der Waals surface area contributed by atoms with Crippen LogP contribution in [0.25, 0.3) is 0 Å². The van der Waals surface area contributed by atoms with Gasteiger partial charge in [-0.3, -0.25) is 4.55 Å². The van der Waals surface area contributed by atoms with Crippen LogP contribution in [-0.4, -0.2) is 47.8 Å². The molecule has 22 heavy (non-hydrogen) atoms. The number of hydrogen-bond acceptors (Lipinski definition) is 2. The molecule has 0 aliphatic carbocycles. The zero-order valence-corrected chi connectivity index (χ0v) is 15.0. The van der Waals surface area contributed by atoms with Crippen LogP contribution in [0.4, 0.5) is 0 Å². The molecule has 0 aliphatic heterocycles. The SMILES string of the molecule is CCCCCCCCC(CCCCCCCC)S(=O)(=O)O.[NaH]. The molecule has 0 rings (SSSR count). The Morgan fingerprint density at radius 2 is 1.00 bits per heavy atom. The first-order valence-corrected chi connectivity index (χ1v) is 10.5. The molecule has 0 aromatic carbocycles. The minimum absolute atomic E-state index is 0. The molecule has 0 radical (unpaired) electrons. The maximum atomic E-state index is 11.4. The molecule has 0 bridgehead atoms. The molecule has 0 fully saturated rings. The summed E-state index contributed by atoms with van der Waals surface area (Å²) in [6.07, 6.45) is 15.1. The molecule has 130 valence electrons. The van der Waals surface area contributed by atoms with Crippen molar-refractivity contribution >= 4 is 39.7 Å². The molecular weight excluding hydrogens is 307 g/mol. The van der Waals surface area contributed by atoms with Gasteiger partial charge < -0.3 is 0 Å². The molecular formula is C17H37NaO3S. The topological polar surface area (TPSA) is 54.4 Å². The van der Waals surface area contributed by atoms with E-state index in [1.165, 1.54) is 51.4 Å².